The molecule has 0 atom stereocenters. The Kier molecular flexibility index (Phi) is 8.76. The number of alkyl halides is 2. The third kappa shape index (κ3) is 5.57. The molecule has 1 fully saturated rings. The zero-order valence-electron chi connectivity index (χ0n) is 22.3. The maximum Gasteiger partial charge on any atom is 0.264 e. The van der Waals surface area contributed by atoms with Crippen molar-refractivity contribution in [3.8, 4) is 11.1 Å². The first-order valence-electron chi connectivity index (χ1n) is 13.2. The molecule has 3 aromatic rings. The molecule has 38 heavy (non-hydrogen) atoms. The molecule has 1 amide bonds. The normalized spacial score (nSPS) is 15.7. The zero-order valence-corrected chi connectivity index (χ0v) is 22.3. The molecule has 0 saturated carbocycles. The molecule has 2 aliphatic heterocycles. The highest BCUT2D eigenvalue weighted by atomic mass is 19.3. The summed E-state index contributed by atoms with van der Waals surface area (Å²) in [6.07, 6.45) is 2.79. The predicted molar refractivity (Wildman–Crippen MR) is 139 cm³/mol. The Labute approximate surface area is 220 Å². The molecular formula is C27H35F3N6O2. The van der Waals surface area contributed by atoms with E-state index in [0.29, 0.717) is 50.5 Å². The van der Waals surface area contributed by atoms with Crippen LogP contribution in [0.4, 0.5) is 24.7 Å². The van der Waals surface area contributed by atoms with E-state index in [-0.39, 0.29) is 28.8 Å². The average Bonchev–Trinajstić information content (AvgIpc) is 3.53. The largest absolute Gasteiger partial charge is 0.381 e. The van der Waals surface area contributed by atoms with Crippen LogP contribution in [0.3, 0.4) is 0 Å². The van der Waals surface area contributed by atoms with Gasteiger partial charge in [0.15, 0.2) is 5.82 Å². The fraction of sp³-hybridized carbons (Fsp3) is 0.519. The van der Waals surface area contributed by atoms with Gasteiger partial charge in [0.1, 0.15) is 5.82 Å². The van der Waals surface area contributed by atoms with Gasteiger partial charge >= 0.3 is 0 Å². The summed E-state index contributed by atoms with van der Waals surface area (Å²) in [5.41, 5.74) is 1.91. The molecule has 2 aliphatic rings. The Bertz CT molecular complexity index is 1270. The summed E-state index contributed by atoms with van der Waals surface area (Å²) in [4.78, 5) is 14.2. The van der Waals surface area contributed by atoms with Gasteiger partial charge in [-0.1, -0.05) is 20.8 Å². The Morgan fingerprint density at radius 3 is 2.61 bits per heavy atom. The molecule has 206 valence electrons. The number of ether oxygens (including phenoxy) is 1. The van der Waals surface area contributed by atoms with Crippen LogP contribution in [0.25, 0.3) is 11.1 Å². The first-order valence-corrected chi connectivity index (χ1v) is 13.2. The number of amides is 1. The Morgan fingerprint density at radius 1 is 1.24 bits per heavy atom. The monoisotopic (exact) mass is 532 g/mol. The molecule has 5 rings (SSSR count). The Morgan fingerprint density at radius 2 is 1.97 bits per heavy atom. The van der Waals surface area contributed by atoms with Crippen LogP contribution in [0, 0.1) is 5.82 Å². The number of nitrogens with zero attached hydrogens (tertiary/aromatic N) is 5. The summed E-state index contributed by atoms with van der Waals surface area (Å²) in [7, 11) is 1.67. The average molecular weight is 533 g/mol. The topological polar surface area (TPSA) is 77.2 Å². The minimum atomic E-state index is -2.81. The van der Waals surface area contributed by atoms with Crippen molar-refractivity contribution < 1.29 is 22.7 Å². The van der Waals surface area contributed by atoms with E-state index in [0.717, 1.165) is 36.2 Å². The van der Waals surface area contributed by atoms with E-state index >= 15 is 4.39 Å². The Hall–Kier alpha value is -3.34. The smallest absolute Gasteiger partial charge is 0.264 e. The quantitative estimate of drug-likeness (QED) is 0.436. The van der Waals surface area contributed by atoms with Crippen molar-refractivity contribution in [2.45, 2.75) is 65.5 Å². The zero-order chi connectivity index (χ0) is 27.4. The predicted octanol–water partition coefficient (Wildman–Crippen LogP) is 5.78. The highest BCUT2D eigenvalue weighted by molar-refractivity contribution is 5.77. The summed E-state index contributed by atoms with van der Waals surface area (Å²) in [5.74, 6) is -0.263. The minimum Gasteiger partial charge on any atom is -0.381 e. The van der Waals surface area contributed by atoms with E-state index in [1.54, 1.807) is 18.1 Å². The van der Waals surface area contributed by atoms with E-state index < -0.39 is 12.2 Å². The summed E-state index contributed by atoms with van der Waals surface area (Å²) >= 11 is 0. The summed E-state index contributed by atoms with van der Waals surface area (Å²) in [6, 6.07) is 2.38. The van der Waals surface area contributed by atoms with Crippen LogP contribution in [0.15, 0.2) is 24.5 Å². The first-order chi connectivity index (χ1) is 18.4. The van der Waals surface area contributed by atoms with Crippen molar-refractivity contribution in [3.63, 3.8) is 0 Å². The molecule has 1 saturated heterocycles. The van der Waals surface area contributed by atoms with Gasteiger partial charge in [0, 0.05) is 68.2 Å². The lowest BCUT2D eigenvalue weighted by atomic mass is 10.0. The number of halogens is 3. The van der Waals surface area contributed by atoms with Crippen molar-refractivity contribution in [3.05, 3.63) is 47.2 Å². The molecule has 4 heterocycles. The van der Waals surface area contributed by atoms with E-state index in [9.17, 15) is 13.6 Å². The van der Waals surface area contributed by atoms with Crippen LogP contribution >= 0.6 is 0 Å². The molecular weight excluding hydrogens is 497 g/mol. The minimum absolute atomic E-state index is 0.0254. The lowest BCUT2D eigenvalue weighted by Gasteiger charge is -2.30. The van der Waals surface area contributed by atoms with Crippen molar-refractivity contribution in [1.29, 1.82) is 0 Å². The third-order valence-corrected chi connectivity index (χ3v) is 6.92. The summed E-state index contributed by atoms with van der Waals surface area (Å²) < 4.78 is 52.2. The standard InChI is InChI=1S/C25H29F3N6O2.C2H6/c1-3-23(35)33-7-4-22-19(14-33)25(31-34(22)16-5-8-36-9-6-16)30-21-11-18(24(27)28)17(10-20(21)26)15-12-29-32(2)13-15;1-2/h10-13,16,24H,3-9,14H2,1-2H3,(H,30,31);1-2H3. The second-order valence-corrected chi connectivity index (χ2v) is 9.23. The second kappa shape index (κ2) is 12.0. The van der Waals surface area contributed by atoms with Gasteiger partial charge in [-0.25, -0.2) is 13.2 Å². The van der Waals surface area contributed by atoms with E-state index in [1.807, 2.05) is 25.5 Å². The molecule has 0 radical (unpaired) electrons. The van der Waals surface area contributed by atoms with Crippen molar-refractivity contribution in [2.75, 3.05) is 25.1 Å². The maximum atomic E-state index is 15.3. The highest BCUT2D eigenvalue weighted by Crippen LogP contribution is 2.38. The molecule has 1 aromatic carbocycles. The van der Waals surface area contributed by atoms with Crippen LogP contribution in [-0.4, -0.2) is 50.1 Å². The molecule has 2 aromatic heterocycles. The first kappa shape index (κ1) is 27.7. The van der Waals surface area contributed by atoms with Crippen LogP contribution in [0.1, 0.15) is 69.3 Å². The number of aromatic nitrogens is 4. The number of hydrogen-bond acceptors (Lipinski definition) is 5. The maximum absolute atomic E-state index is 15.3. The molecule has 0 bridgehead atoms. The van der Waals surface area contributed by atoms with Gasteiger partial charge in [-0.15, -0.1) is 0 Å². The number of fused-ring (bicyclic) bond motifs is 1. The number of aryl methyl sites for hydroxylation is 1. The van der Waals surface area contributed by atoms with E-state index in [4.69, 9.17) is 9.84 Å². The summed E-state index contributed by atoms with van der Waals surface area (Å²) in [6.45, 7) is 7.99. The molecule has 1 N–H and O–H groups in total. The number of hydrogen-bond donors (Lipinski definition) is 1. The van der Waals surface area contributed by atoms with Crippen LogP contribution in [0.2, 0.25) is 0 Å². The van der Waals surface area contributed by atoms with Crippen LogP contribution < -0.4 is 5.32 Å². The number of carbonyl (C=O) groups excluding carboxylic acids is 1. The van der Waals surface area contributed by atoms with Gasteiger partial charge in [-0.3, -0.25) is 14.2 Å². The van der Waals surface area contributed by atoms with Crippen molar-refractivity contribution in [1.82, 2.24) is 24.5 Å². The number of carbonyl (C=O) groups is 1. The fourth-order valence-corrected chi connectivity index (χ4v) is 5.02. The third-order valence-electron chi connectivity index (χ3n) is 6.92. The van der Waals surface area contributed by atoms with Crippen LogP contribution in [-0.2, 0) is 29.5 Å². The van der Waals surface area contributed by atoms with Crippen molar-refractivity contribution >= 4 is 17.4 Å². The molecule has 0 spiro atoms. The van der Waals surface area contributed by atoms with Crippen molar-refractivity contribution in [2.24, 2.45) is 7.05 Å². The van der Waals surface area contributed by atoms with Gasteiger partial charge in [0.05, 0.1) is 24.5 Å². The molecule has 0 aliphatic carbocycles. The molecule has 8 nitrogen and oxygen atoms in total. The Balaban J connectivity index is 0.00000164. The molecule has 0 unspecified atom stereocenters. The highest BCUT2D eigenvalue weighted by Gasteiger charge is 2.31. The lowest BCUT2D eigenvalue weighted by molar-refractivity contribution is -0.131. The van der Waals surface area contributed by atoms with Crippen LogP contribution in [0.5, 0.6) is 0 Å². The second-order valence-electron chi connectivity index (χ2n) is 9.23. The van der Waals surface area contributed by atoms with Gasteiger partial charge in [0.2, 0.25) is 5.91 Å². The van der Waals surface area contributed by atoms with Gasteiger partial charge < -0.3 is 15.0 Å². The van der Waals surface area contributed by atoms with E-state index in [2.05, 4.69) is 10.4 Å². The van der Waals surface area contributed by atoms with Gasteiger partial charge in [-0.2, -0.15) is 10.2 Å². The fourth-order valence-electron chi connectivity index (χ4n) is 5.02. The number of benzene rings is 1. The SMILES string of the molecule is CC.CCC(=O)N1CCc2c(c(Nc3cc(C(F)F)c(-c4cnn(C)c4)cc3F)nn2C2CCOCC2)C1. The summed E-state index contributed by atoms with van der Waals surface area (Å²) in [5, 5.41) is 11.8. The van der Waals surface area contributed by atoms with Gasteiger partial charge in [0.25, 0.3) is 6.43 Å². The van der Waals surface area contributed by atoms with Gasteiger partial charge in [-0.05, 0) is 30.5 Å². The number of rotatable bonds is 6. The molecule has 11 heteroatoms. The van der Waals surface area contributed by atoms with E-state index in [1.165, 1.54) is 10.9 Å². The number of anilines is 2. The lowest BCUT2D eigenvalue weighted by Crippen LogP contribution is -2.36. The number of nitrogens with one attached hydrogen (secondary N) is 1.